The van der Waals surface area contributed by atoms with E-state index >= 15 is 0 Å². The van der Waals surface area contributed by atoms with E-state index in [1.165, 1.54) is 0 Å². The average Bonchev–Trinajstić information content (AvgIpc) is 2.42. The maximum atomic E-state index is 5.82. The minimum atomic E-state index is 0.441. The fourth-order valence-electron chi connectivity index (χ4n) is 1.62. The Morgan fingerprint density at radius 3 is 2.40 bits per heavy atom. The Bertz CT molecular complexity index is 635. The fourth-order valence-corrected chi connectivity index (χ4v) is 2.79. The van der Waals surface area contributed by atoms with Gasteiger partial charge in [0.25, 0.3) is 0 Å². The van der Waals surface area contributed by atoms with Gasteiger partial charge in [0.2, 0.25) is 5.88 Å². The van der Waals surface area contributed by atoms with Gasteiger partial charge in [0.1, 0.15) is 11.5 Å². The minimum Gasteiger partial charge on any atom is -0.496 e. The number of aromatic nitrogens is 1. The van der Waals surface area contributed by atoms with Crippen molar-refractivity contribution in [3.8, 4) is 17.4 Å². The summed E-state index contributed by atoms with van der Waals surface area (Å²) in [5.41, 5.74) is 1.86. The van der Waals surface area contributed by atoms with Crippen molar-refractivity contribution in [1.82, 2.24) is 4.98 Å². The second kappa shape index (κ2) is 6.78. The molecule has 1 heterocycles. The molecule has 0 saturated carbocycles. The summed E-state index contributed by atoms with van der Waals surface area (Å²) in [6.07, 6.45) is 0. The first kappa shape index (κ1) is 15.6. The topological polar surface area (TPSA) is 31.4 Å². The lowest BCUT2D eigenvalue weighted by atomic mass is 10.2. The van der Waals surface area contributed by atoms with Gasteiger partial charge in [-0.05, 0) is 56.5 Å². The third-order valence-electron chi connectivity index (χ3n) is 2.73. The Morgan fingerprint density at radius 2 is 1.80 bits per heavy atom. The molecular weight excluding hydrogens is 409 g/mol. The first-order valence-electron chi connectivity index (χ1n) is 5.78. The molecule has 0 aliphatic heterocycles. The van der Waals surface area contributed by atoms with Crippen LogP contribution in [0.4, 0.5) is 0 Å². The van der Waals surface area contributed by atoms with E-state index in [0.29, 0.717) is 17.5 Å². The molecule has 0 aliphatic rings. The molecule has 2 aromatic rings. The highest BCUT2D eigenvalue weighted by Crippen LogP contribution is 2.37. The highest BCUT2D eigenvalue weighted by Gasteiger charge is 2.10. The standard InChI is InChI=1S/C14H12Br2ClNO2/c1-8-9(7-17)3-4-14(18-8)20-13-6-10(15)12(19-2)5-11(13)16/h3-6H,7H2,1-2H3. The summed E-state index contributed by atoms with van der Waals surface area (Å²) in [4.78, 5) is 4.38. The minimum absolute atomic E-state index is 0.441. The molecule has 2 rings (SSSR count). The van der Waals surface area contributed by atoms with Crippen molar-refractivity contribution in [2.24, 2.45) is 0 Å². The smallest absolute Gasteiger partial charge is 0.219 e. The molecule has 20 heavy (non-hydrogen) atoms. The zero-order valence-electron chi connectivity index (χ0n) is 10.9. The predicted octanol–water partition coefficient (Wildman–Crippen LogP) is 5.45. The zero-order chi connectivity index (χ0) is 14.7. The first-order valence-corrected chi connectivity index (χ1v) is 7.90. The van der Waals surface area contributed by atoms with Gasteiger partial charge in [-0.25, -0.2) is 4.98 Å². The number of methoxy groups -OCH3 is 1. The molecular formula is C14H12Br2ClNO2. The number of ether oxygens (including phenoxy) is 2. The number of alkyl halides is 1. The number of halogens is 3. The van der Waals surface area contributed by atoms with E-state index in [-0.39, 0.29) is 0 Å². The van der Waals surface area contributed by atoms with Gasteiger partial charge in [-0.3, -0.25) is 0 Å². The molecule has 0 atom stereocenters. The second-order valence-electron chi connectivity index (χ2n) is 4.05. The van der Waals surface area contributed by atoms with Crippen LogP contribution in [0.25, 0.3) is 0 Å². The van der Waals surface area contributed by atoms with Crippen LogP contribution in [0.5, 0.6) is 17.4 Å². The summed E-state index contributed by atoms with van der Waals surface area (Å²) in [6.45, 7) is 1.91. The number of hydrogen-bond donors (Lipinski definition) is 0. The molecule has 0 fully saturated rings. The number of rotatable bonds is 4. The maximum absolute atomic E-state index is 5.82. The van der Waals surface area contributed by atoms with Crippen LogP contribution < -0.4 is 9.47 Å². The van der Waals surface area contributed by atoms with Crippen LogP contribution in [0.2, 0.25) is 0 Å². The molecule has 0 spiro atoms. The number of nitrogens with zero attached hydrogens (tertiary/aromatic N) is 1. The van der Waals surface area contributed by atoms with Gasteiger partial charge >= 0.3 is 0 Å². The van der Waals surface area contributed by atoms with Crippen molar-refractivity contribution < 1.29 is 9.47 Å². The SMILES string of the molecule is COc1cc(Br)c(Oc2ccc(CCl)c(C)n2)cc1Br. The molecule has 0 aliphatic carbocycles. The Balaban J connectivity index is 2.30. The number of aryl methyl sites for hydroxylation is 1. The highest BCUT2D eigenvalue weighted by molar-refractivity contribution is 9.11. The molecule has 0 radical (unpaired) electrons. The number of hydrogen-bond acceptors (Lipinski definition) is 3. The molecule has 0 unspecified atom stereocenters. The molecule has 3 nitrogen and oxygen atoms in total. The zero-order valence-corrected chi connectivity index (χ0v) is 14.8. The molecule has 1 aromatic heterocycles. The van der Waals surface area contributed by atoms with Crippen LogP contribution in [0.1, 0.15) is 11.3 Å². The van der Waals surface area contributed by atoms with E-state index in [9.17, 15) is 0 Å². The summed E-state index contributed by atoms with van der Waals surface area (Å²) in [5, 5.41) is 0. The van der Waals surface area contributed by atoms with E-state index in [1.807, 2.05) is 25.1 Å². The second-order valence-corrected chi connectivity index (χ2v) is 6.02. The Labute approximate surface area is 139 Å². The fraction of sp³-hybridized carbons (Fsp3) is 0.214. The van der Waals surface area contributed by atoms with Crippen molar-refractivity contribution in [3.05, 3.63) is 44.5 Å². The van der Waals surface area contributed by atoms with E-state index in [1.54, 1.807) is 13.2 Å². The highest BCUT2D eigenvalue weighted by atomic mass is 79.9. The summed E-state index contributed by atoms with van der Waals surface area (Å²) in [7, 11) is 1.61. The van der Waals surface area contributed by atoms with Gasteiger partial charge in [-0.2, -0.15) is 0 Å². The van der Waals surface area contributed by atoms with E-state index in [0.717, 1.165) is 26.0 Å². The van der Waals surface area contributed by atoms with Gasteiger partial charge in [0.15, 0.2) is 0 Å². The lowest BCUT2D eigenvalue weighted by molar-refractivity contribution is 0.408. The van der Waals surface area contributed by atoms with Gasteiger partial charge in [0, 0.05) is 17.6 Å². The third kappa shape index (κ3) is 3.45. The average molecular weight is 422 g/mol. The Kier molecular flexibility index (Phi) is 5.29. The van der Waals surface area contributed by atoms with Gasteiger partial charge in [-0.1, -0.05) is 6.07 Å². The molecule has 0 bridgehead atoms. The van der Waals surface area contributed by atoms with E-state index in [2.05, 4.69) is 36.8 Å². The normalized spacial score (nSPS) is 10.4. The molecule has 0 N–H and O–H groups in total. The van der Waals surface area contributed by atoms with Crippen LogP contribution in [0.15, 0.2) is 33.2 Å². The van der Waals surface area contributed by atoms with Crippen molar-refractivity contribution in [2.45, 2.75) is 12.8 Å². The summed E-state index contributed by atoms with van der Waals surface area (Å²) >= 11 is 12.7. The van der Waals surface area contributed by atoms with Crippen LogP contribution in [0.3, 0.4) is 0 Å². The van der Waals surface area contributed by atoms with Crippen molar-refractivity contribution in [1.29, 1.82) is 0 Å². The largest absolute Gasteiger partial charge is 0.496 e. The first-order chi connectivity index (χ1) is 9.55. The van der Waals surface area contributed by atoms with Crippen molar-refractivity contribution in [3.63, 3.8) is 0 Å². The van der Waals surface area contributed by atoms with Gasteiger partial charge < -0.3 is 9.47 Å². The summed E-state index contributed by atoms with van der Waals surface area (Å²) < 4.78 is 12.6. The van der Waals surface area contributed by atoms with Gasteiger partial charge in [0.05, 0.1) is 16.1 Å². The van der Waals surface area contributed by atoms with E-state index in [4.69, 9.17) is 21.1 Å². The summed E-state index contributed by atoms with van der Waals surface area (Å²) in [6, 6.07) is 7.38. The quantitative estimate of drug-likeness (QED) is 0.615. The molecule has 1 aromatic carbocycles. The van der Waals surface area contributed by atoms with Gasteiger partial charge in [-0.15, -0.1) is 11.6 Å². The van der Waals surface area contributed by atoms with Crippen LogP contribution >= 0.6 is 43.5 Å². The third-order valence-corrected chi connectivity index (χ3v) is 4.26. The van der Waals surface area contributed by atoms with Crippen molar-refractivity contribution >= 4 is 43.5 Å². The Hall–Kier alpha value is -0.780. The van der Waals surface area contributed by atoms with E-state index < -0.39 is 0 Å². The lowest BCUT2D eigenvalue weighted by Crippen LogP contribution is -1.95. The molecule has 106 valence electrons. The Morgan fingerprint density at radius 1 is 1.15 bits per heavy atom. The molecule has 0 saturated heterocycles. The molecule has 0 amide bonds. The number of benzene rings is 1. The summed E-state index contributed by atoms with van der Waals surface area (Å²) in [5.74, 6) is 2.35. The van der Waals surface area contributed by atoms with Crippen LogP contribution in [0, 0.1) is 6.92 Å². The van der Waals surface area contributed by atoms with Crippen molar-refractivity contribution in [2.75, 3.05) is 7.11 Å². The van der Waals surface area contributed by atoms with Crippen LogP contribution in [-0.4, -0.2) is 12.1 Å². The monoisotopic (exact) mass is 419 g/mol. The molecule has 6 heteroatoms. The van der Waals surface area contributed by atoms with Crippen LogP contribution in [-0.2, 0) is 5.88 Å². The number of pyridine rings is 1. The predicted molar refractivity (Wildman–Crippen MR) is 87.0 cm³/mol. The lowest BCUT2D eigenvalue weighted by Gasteiger charge is -2.11. The maximum Gasteiger partial charge on any atom is 0.219 e.